The van der Waals surface area contributed by atoms with Crippen LogP contribution in [0.1, 0.15) is 31.7 Å². The van der Waals surface area contributed by atoms with E-state index < -0.39 is 0 Å². The zero-order chi connectivity index (χ0) is 16.2. The summed E-state index contributed by atoms with van der Waals surface area (Å²) in [6.45, 7) is 4.32. The maximum absolute atomic E-state index is 11.7. The molecule has 0 saturated carbocycles. The lowest BCUT2D eigenvalue weighted by atomic mass is 10.2. The Morgan fingerprint density at radius 2 is 2.00 bits per heavy atom. The number of hydrogen-bond acceptors (Lipinski definition) is 3. The van der Waals surface area contributed by atoms with Crippen LogP contribution in [0.2, 0.25) is 10.0 Å². The fraction of sp³-hybridized carbons (Fsp3) is 0.562. The molecular weight excluding hydrogens is 341 g/mol. The smallest absolute Gasteiger partial charge is 0.230 e. The molecule has 3 nitrogen and oxygen atoms in total. The van der Waals surface area contributed by atoms with Crippen LogP contribution in [-0.4, -0.2) is 31.4 Å². The number of carbonyl (C=O) groups is 1. The number of halogens is 2. The third kappa shape index (κ3) is 8.89. The van der Waals surface area contributed by atoms with Crippen LogP contribution in [0.4, 0.5) is 0 Å². The lowest BCUT2D eigenvalue weighted by Crippen LogP contribution is -2.27. The molecule has 0 bridgehead atoms. The van der Waals surface area contributed by atoms with Crippen LogP contribution in [0.15, 0.2) is 18.2 Å². The Balaban J connectivity index is 2.04. The molecular formula is C16H23Cl2NO2S. The molecule has 1 amide bonds. The highest BCUT2D eigenvalue weighted by Gasteiger charge is 2.03. The van der Waals surface area contributed by atoms with Crippen molar-refractivity contribution < 1.29 is 9.53 Å². The topological polar surface area (TPSA) is 38.3 Å². The number of rotatable bonds is 11. The second-order valence-corrected chi connectivity index (χ2v) is 6.71. The molecule has 22 heavy (non-hydrogen) atoms. The average molecular weight is 364 g/mol. The second-order valence-electron chi connectivity index (χ2n) is 4.91. The minimum absolute atomic E-state index is 0.0543. The van der Waals surface area contributed by atoms with E-state index in [0.29, 0.717) is 28.9 Å². The molecule has 124 valence electrons. The summed E-state index contributed by atoms with van der Waals surface area (Å²) in [6, 6.07) is 5.54. The quantitative estimate of drug-likeness (QED) is 0.586. The Morgan fingerprint density at radius 1 is 1.23 bits per heavy atom. The Hall–Kier alpha value is -0.420. The number of benzene rings is 1. The van der Waals surface area contributed by atoms with Gasteiger partial charge in [-0.3, -0.25) is 4.79 Å². The van der Waals surface area contributed by atoms with Gasteiger partial charge in [-0.15, -0.1) is 11.8 Å². The summed E-state index contributed by atoms with van der Waals surface area (Å²) in [7, 11) is 0. The first-order valence-corrected chi connectivity index (χ1v) is 9.40. The SMILES string of the molecule is CCCCOCCCNC(=O)CSCc1ccc(Cl)c(Cl)c1. The van der Waals surface area contributed by atoms with Gasteiger partial charge in [0.15, 0.2) is 0 Å². The van der Waals surface area contributed by atoms with E-state index in [-0.39, 0.29) is 5.91 Å². The van der Waals surface area contributed by atoms with Crippen molar-refractivity contribution in [2.24, 2.45) is 0 Å². The summed E-state index contributed by atoms with van der Waals surface area (Å²) in [4.78, 5) is 11.7. The molecule has 0 aromatic heterocycles. The monoisotopic (exact) mass is 363 g/mol. The van der Waals surface area contributed by atoms with Crippen LogP contribution in [0.5, 0.6) is 0 Å². The molecule has 0 spiro atoms. The molecule has 0 saturated heterocycles. The van der Waals surface area contributed by atoms with E-state index >= 15 is 0 Å². The van der Waals surface area contributed by atoms with Gasteiger partial charge in [-0.1, -0.05) is 42.6 Å². The third-order valence-electron chi connectivity index (χ3n) is 2.92. The fourth-order valence-corrected chi connectivity index (χ4v) is 2.82. The van der Waals surface area contributed by atoms with Crippen molar-refractivity contribution in [3.63, 3.8) is 0 Å². The standard InChI is InChI=1S/C16H23Cl2NO2S/c1-2-3-8-21-9-4-7-19-16(20)12-22-11-13-5-6-14(17)15(18)10-13/h5-6,10H,2-4,7-9,11-12H2,1H3,(H,19,20). The van der Waals surface area contributed by atoms with Crippen molar-refractivity contribution in [2.75, 3.05) is 25.5 Å². The first-order valence-electron chi connectivity index (χ1n) is 7.49. The largest absolute Gasteiger partial charge is 0.381 e. The van der Waals surface area contributed by atoms with Gasteiger partial charge in [0, 0.05) is 25.5 Å². The number of ether oxygens (including phenoxy) is 1. The second kappa shape index (κ2) is 12.1. The summed E-state index contributed by atoms with van der Waals surface area (Å²) in [6.07, 6.45) is 3.09. The summed E-state index contributed by atoms with van der Waals surface area (Å²) >= 11 is 13.4. The fourth-order valence-electron chi connectivity index (χ4n) is 1.69. The molecule has 0 fully saturated rings. The molecule has 0 unspecified atom stereocenters. The van der Waals surface area contributed by atoms with Crippen LogP contribution < -0.4 is 5.32 Å². The van der Waals surface area contributed by atoms with Gasteiger partial charge >= 0.3 is 0 Å². The summed E-state index contributed by atoms with van der Waals surface area (Å²) in [5.41, 5.74) is 1.07. The Morgan fingerprint density at radius 3 is 2.73 bits per heavy atom. The van der Waals surface area contributed by atoms with Crippen LogP contribution in [0.3, 0.4) is 0 Å². The zero-order valence-electron chi connectivity index (χ0n) is 12.9. The Kier molecular flexibility index (Phi) is 10.8. The Labute approximate surface area is 147 Å². The minimum atomic E-state index is 0.0543. The van der Waals surface area contributed by atoms with Gasteiger partial charge in [-0.05, 0) is 30.5 Å². The number of unbranched alkanes of at least 4 members (excludes halogenated alkanes) is 1. The van der Waals surface area contributed by atoms with Gasteiger partial charge in [0.05, 0.1) is 15.8 Å². The van der Waals surface area contributed by atoms with E-state index in [9.17, 15) is 4.79 Å². The van der Waals surface area contributed by atoms with E-state index in [0.717, 1.165) is 37.2 Å². The first kappa shape index (κ1) is 19.6. The number of hydrogen-bond donors (Lipinski definition) is 1. The maximum Gasteiger partial charge on any atom is 0.230 e. The number of thioether (sulfide) groups is 1. The molecule has 0 radical (unpaired) electrons. The van der Waals surface area contributed by atoms with Crippen molar-refractivity contribution in [1.82, 2.24) is 5.32 Å². The molecule has 0 aliphatic rings. The van der Waals surface area contributed by atoms with Gasteiger partial charge in [0.2, 0.25) is 5.91 Å². The first-order chi connectivity index (χ1) is 10.6. The molecule has 0 aliphatic carbocycles. The van der Waals surface area contributed by atoms with Crippen molar-refractivity contribution in [1.29, 1.82) is 0 Å². The number of carbonyl (C=O) groups excluding carboxylic acids is 1. The third-order valence-corrected chi connectivity index (χ3v) is 4.66. The van der Waals surface area contributed by atoms with Crippen LogP contribution in [0, 0.1) is 0 Å². The van der Waals surface area contributed by atoms with Gasteiger partial charge < -0.3 is 10.1 Å². The molecule has 0 atom stereocenters. The normalized spacial score (nSPS) is 10.7. The van der Waals surface area contributed by atoms with Crippen LogP contribution in [-0.2, 0) is 15.3 Å². The highest BCUT2D eigenvalue weighted by Crippen LogP contribution is 2.24. The highest BCUT2D eigenvalue weighted by molar-refractivity contribution is 7.99. The zero-order valence-corrected chi connectivity index (χ0v) is 15.2. The summed E-state index contributed by atoms with van der Waals surface area (Å²) < 4.78 is 5.44. The van der Waals surface area contributed by atoms with Gasteiger partial charge in [0.1, 0.15) is 0 Å². The van der Waals surface area contributed by atoms with Crippen LogP contribution >= 0.6 is 35.0 Å². The molecule has 1 aromatic rings. The maximum atomic E-state index is 11.7. The highest BCUT2D eigenvalue weighted by atomic mass is 35.5. The van der Waals surface area contributed by atoms with Crippen molar-refractivity contribution in [3.05, 3.63) is 33.8 Å². The van der Waals surface area contributed by atoms with Crippen molar-refractivity contribution in [3.8, 4) is 0 Å². The molecule has 6 heteroatoms. The van der Waals surface area contributed by atoms with Gasteiger partial charge in [0.25, 0.3) is 0 Å². The predicted molar refractivity (Wildman–Crippen MR) is 96.0 cm³/mol. The molecule has 0 heterocycles. The minimum Gasteiger partial charge on any atom is -0.381 e. The van der Waals surface area contributed by atoms with E-state index in [1.165, 1.54) is 0 Å². The average Bonchev–Trinajstić information content (AvgIpc) is 2.50. The van der Waals surface area contributed by atoms with Gasteiger partial charge in [-0.25, -0.2) is 0 Å². The van der Waals surface area contributed by atoms with Crippen LogP contribution in [0.25, 0.3) is 0 Å². The molecule has 1 rings (SSSR count). The van der Waals surface area contributed by atoms with E-state index in [2.05, 4.69) is 12.2 Å². The molecule has 0 aliphatic heterocycles. The van der Waals surface area contributed by atoms with E-state index in [1.54, 1.807) is 17.8 Å². The molecule has 1 N–H and O–H groups in total. The van der Waals surface area contributed by atoms with E-state index in [1.807, 2.05) is 12.1 Å². The summed E-state index contributed by atoms with van der Waals surface area (Å²) in [5, 5.41) is 3.99. The lowest BCUT2D eigenvalue weighted by Gasteiger charge is -2.06. The Bertz CT molecular complexity index is 458. The van der Waals surface area contributed by atoms with Crippen molar-refractivity contribution in [2.45, 2.75) is 31.9 Å². The predicted octanol–water partition coefficient (Wildman–Crippen LogP) is 4.55. The molecule has 1 aromatic carbocycles. The van der Waals surface area contributed by atoms with E-state index in [4.69, 9.17) is 27.9 Å². The summed E-state index contributed by atoms with van der Waals surface area (Å²) in [5.74, 6) is 1.24. The lowest BCUT2D eigenvalue weighted by molar-refractivity contribution is -0.118. The number of amides is 1. The number of nitrogens with one attached hydrogen (secondary N) is 1. The van der Waals surface area contributed by atoms with Crippen molar-refractivity contribution >= 4 is 40.9 Å². The van der Waals surface area contributed by atoms with Gasteiger partial charge in [-0.2, -0.15) is 0 Å².